The van der Waals surface area contributed by atoms with Crippen molar-refractivity contribution in [2.75, 3.05) is 18.5 Å². The lowest BCUT2D eigenvalue weighted by Gasteiger charge is -2.28. The van der Waals surface area contributed by atoms with Crippen LogP contribution in [-0.4, -0.2) is 53.8 Å². The first-order chi connectivity index (χ1) is 17.4. The summed E-state index contributed by atoms with van der Waals surface area (Å²) in [5, 5.41) is 6.43. The Morgan fingerprint density at radius 3 is 2.42 bits per heavy atom. The number of carbonyl (C=O) groups is 4. The molecule has 2 unspecified atom stereocenters. The lowest BCUT2D eigenvalue weighted by atomic mass is 9.95. The van der Waals surface area contributed by atoms with E-state index in [0.29, 0.717) is 34.8 Å². The molecule has 1 fully saturated rings. The molecule has 1 aliphatic carbocycles. The van der Waals surface area contributed by atoms with Gasteiger partial charge in [0, 0.05) is 18.0 Å². The molecule has 4 amide bonds. The Labute approximate surface area is 214 Å². The van der Waals surface area contributed by atoms with Gasteiger partial charge in [-0.15, -0.1) is 11.3 Å². The third-order valence-electron chi connectivity index (χ3n) is 7.15. The zero-order valence-corrected chi connectivity index (χ0v) is 21.4. The summed E-state index contributed by atoms with van der Waals surface area (Å²) in [5.41, 5.74) is 2.11. The smallest absolute Gasteiger partial charge is 0.262 e. The Kier molecular flexibility index (Phi) is 6.94. The van der Waals surface area contributed by atoms with Crippen LogP contribution in [0.1, 0.15) is 81.0 Å². The minimum atomic E-state index is -1.00. The van der Waals surface area contributed by atoms with Gasteiger partial charge in [-0.05, 0) is 62.1 Å². The van der Waals surface area contributed by atoms with Crippen molar-refractivity contribution < 1.29 is 23.9 Å². The number of anilines is 1. The van der Waals surface area contributed by atoms with E-state index in [9.17, 15) is 19.2 Å². The molecule has 2 aliphatic heterocycles. The van der Waals surface area contributed by atoms with Crippen LogP contribution in [0.4, 0.5) is 5.00 Å². The van der Waals surface area contributed by atoms with E-state index in [-0.39, 0.29) is 17.9 Å². The van der Waals surface area contributed by atoms with Crippen molar-refractivity contribution in [3.05, 3.63) is 51.4 Å². The van der Waals surface area contributed by atoms with Crippen LogP contribution >= 0.6 is 11.3 Å². The van der Waals surface area contributed by atoms with E-state index < -0.39 is 23.8 Å². The summed E-state index contributed by atoms with van der Waals surface area (Å²) in [5.74, 6) is -1.94. The Balaban J connectivity index is 1.41. The molecule has 3 aliphatic rings. The van der Waals surface area contributed by atoms with Crippen LogP contribution in [0.25, 0.3) is 0 Å². The summed E-state index contributed by atoms with van der Waals surface area (Å²) >= 11 is 1.42. The molecule has 8 nitrogen and oxygen atoms in total. The van der Waals surface area contributed by atoms with E-state index in [1.165, 1.54) is 11.3 Å². The maximum absolute atomic E-state index is 13.6. The van der Waals surface area contributed by atoms with Crippen LogP contribution in [0.2, 0.25) is 0 Å². The number of nitrogens with zero attached hydrogens (tertiary/aromatic N) is 1. The molecule has 2 atom stereocenters. The number of rotatable bonds is 7. The van der Waals surface area contributed by atoms with Gasteiger partial charge >= 0.3 is 0 Å². The van der Waals surface area contributed by atoms with Gasteiger partial charge in [-0.25, -0.2) is 0 Å². The predicted octanol–water partition coefficient (Wildman–Crippen LogP) is 3.80. The van der Waals surface area contributed by atoms with E-state index in [2.05, 4.69) is 10.6 Å². The zero-order chi connectivity index (χ0) is 25.4. The van der Waals surface area contributed by atoms with Gasteiger partial charge in [0.25, 0.3) is 17.7 Å². The van der Waals surface area contributed by atoms with Crippen LogP contribution in [-0.2, 0) is 22.4 Å². The SMILES string of the molecule is CC(C)C(C(=O)Nc1sc2c(c1C(=O)NCC1CCCO1)CCCC2)N1C(=O)c2ccccc2C1=O. The van der Waals surface area contributed by atoms with Gasteiger partial charge in [0.1, 0.15) is 11.0 Å². The first kappa shape index (κ1) is 24.6. The highest BCUT2D eigenvalue weighted by molar-refractivity contribution is 7.17. The quantitative estimate of drug-likeness (QED) is 0.553. The van der Waals surface area contributed by atoms with Gasteiger partial charge in [-0.3, -0.25) is 24.1 Å². The normalized spacial score (nSPS) is 19.9. The Bertz CT molecular complexity index is 1180. The summed E-state index contributed by atoms with van der Waals surface area (Å²) < 4.78 is 5.64. The molecular formula is C27H31N3O5S. The van der Waals surface area contributed by atoms with E-state index in [1.54, 1.807) is 24.3 Å². The third kappa shape index (κ3) is 4.46. The lowest BCUT2D eigenvalue weighted by Crippen LogP contribution is -2.50. The third-order valence-corrected chi connectivity index (χ3v) is 8.36. The van der Waals surface area contributed by atoms with Crippen molar-refractivity contribution >= 4 is 40.0 Å². The number of hydrogen-bond donors (Lipinski definition) is 2. The fraction of sp³-hybridized carbons (Fsp3) is 0.481. The molecule has 190 valence electrons. The summed E-state index contributed by atoms with van der Waals surface area (Å²) in [7, 11) is 0. The molecule has 0 saturated carbocycles. The van der Waals surface area contributed by atoms with Crippen molar-refractivity contribution in [1.29, 1.82) is 0 Å². The molecule has 1 aromatic heterocycles. The van der Waals surface area contributed by atoms with Gasteiger partial charge < -0.3 is 15.4 Å². The van der Waals surface area contributed by atoms with E-state index in [4.69, 9.17) is 4.74 Å². The van der Waals surface area contributed by atoms with Crippen molar-refractivity contribution in [3.63, 3.8) is 0 Å². The highest BCUT2D eigenvalue weighted by Gasteiger charge is 2.44. The number of aryl methyl sites for hydroxylation is 1. The topological polar surface area (TPSA) is 105 Å². The molecule has 2 aromatic rings. The van der Waals surface area contributed by atoms with Gasteiger partial charge in [0.15, 0.2) is 0 Å². The molecule has 1 aromatic carbocycles. The molecule has 2 N–H and O–H groups in total. The molecule has 0 bridgehead atoms. The molecule has 5 rings (SSSR count). The van der Waals surface area contributed by atoms with Crippen molar-refractivity contribution in [1.82, 2.24) is 10.2 Å². The second kappa shape index (κ2) is 10.1. The van der Waals surface area contributed by atoms with Gasteiger partial charge in [-0.2, -0.15) is 0 Å². The number of amides is 4. The number of nitrogens with one attached hydrogen (secondary N) is 2. The number of carbonyl (C=O) groups excluding carboxylic acids is 4. The highest BCUT2D eigenvalue weighted by Crippen LogP contribution is 2.39. The molecular weight excluding hydrogens is 478 g/mol. The highest BCUT2D eigenvalue weighted by atomic mass is 32.1. The second-order valence-corrected chi connectivity index (χ2v) is 11.1. The Hall–Kier alpha value is -3.04. The van der Waals surface area contributed by atoms with Crippen molar-refractivity contribution in [2.24, 2.45) is 5.92 Å². The zero-order valence-electron chi connectivity index (χ0n) is 20.6. The fourth-order valence-corrected chi connectivity index (χ4v) is 6.65. The standard InChI is InChI=1S/C27H31N3O5S/c1-15(2)22(30-26(33)17-9-3-4-10-18(17)27(30)34)24(32)29-25-21(19-11-5-6-12-20(19)36-25)23(31)28-14-16-8-7-13-35-16/h3-4,9-10,15-16,22H,5-8,11-14H2,1-2H3,(H,28,31)(H,29,32). The summed E-state index contributed by atoms with van der Waals surface area (Å²) in [6, 6.07) is 5.62. The maximum Gasteiger partial charge on any atom is 0.262 e. The average Bonchev–Trinajstić information content (AvgIpc) is 3.57. The van der Waals surface area contributed by atoms with Gasteiger partial charge in [0.2, 0.25) is 5.91 Å². The number of benzene rings is 1. The number of ether oxygens (including phenoxy) is 1. The van der Waals surface area contributed by atoms with E-state index in [0.717, 1.165) is 53.9 Å². The Morgan fingerprint density at radius 2 is 1.78 bits per heavy atom. The summed E-state index contributed by atoms with van der Waals surface area (Å²) in [6.07, 6.45) is 5.62. The summed E-state index contributed by atoms with van der Waals surface area (Å²) in [6.45, 7) is 4.76. The maximum atomic E-state index is 13.6. The van der Waals surface area contributed by atoms with Gasteiger partial charge in [-0.1, -0.05) is 26.0 Å². The first-order valence-electron chi connectivity index (χ1n) is 12.7. The van der Waals surface area contributed by atoms with Crippen LogP contribution in [0, 0.1) is 5.92 Å². The van der Waals surface area contributed by atoms with Crippen LogP contribution in [0.3, 0.4) is 0 Å². The predicted molar refractivity (Wildman–Crippen MR) is 136 cm³/mol. The number of imide groups is 1. The molecule has 0 spiro atoms. The number of thiophene rings is 1. The number of fused-ring (bicyclic) bond motifs is 2. The summed E-state index contributed by atoms with van der Waals surface area (Å²) in [4.78, 5) is 55.3. The molecule has 1 saturated heterocycles. The molecule has 36 heavy (non-hydrogen) atoms. The van der Waals surface area contributed by atoms with E-state index >= 15 is 0 Å². The Morgan fingerprint density at radius 1 is 1.08 bits per heavy atom. The first-order valence-corrected chi connectivity index (χ1v) is 13.5. The largest absolute Gasteiger partial charge is 0.376 e. The van der Waals surface area contributed by atoms with Crippen molar-refractivity contribution in [2.45, 2.75) is 64.5 Å². The average molecular weight is 510 g/mol. The second-order valence-electron chi connectivity index (χ2n) is 9.96. The van der Waals surface area contributed by atoms with E-state index in [1.807, 2.05) is 13.8 Å². The van der Waals surface area contributed by atoms with Crippen molar-refractivity contribution in [3.8, 4) is 0 Å². The molecule has 9 heteroatoms. The molecule has 0 radical (unpaired) electrons. The monoisotopic (exact) mass is 509 g/mol. The minimum absolute atomic E-state index is 0.0144. The minimum Gasteiger partial charge on any atom is -0.376 e. The van der Waals surface area contributed by atoms with Crippen LogP contribution < -0.4 is 10.6 Å². The van der Waals surface area contributed by atoms with Gasteiger partial charge in [0.05, 0.1) is 22.8 Å². The lowest BCUT2D eigenvalue weighted by molar-refractivity contribution is -0.121. The molecule has 3 heterocycles. The van der Waals surface area contributed by atoms with Crippen LogP contribution in [0.5, 0.6) is 0 Å². The van der Waals surface area contributed by atoms with Crippen LogP contribution in [0.15, 0.2) is 24.3 Å². The fourth-order valence-electron chi connectivity index (χ4n) is 5.36. The number of hydrogen-bond acceptors (Lipinski definition) is 6.